The number of rotatable bonds is 1. The van der Waals surface area contributed by atoms with Crippen molar-refractivity contribution in [3.8, 4) is 0 Å². The molecular formula is C4H12N2O4S. The molecule has 0 aromatic rings. The summed E-state index contributed by atoms with van der Waals surface area (Å²) in [4.78, 5) is 0. The van der Waals surface area contributed by atoms with Gasteiger partial charge in [-0.25, -0.2) is 0 Å². The van der Waals surface area contributed by atoms with Crippen LogP contribution < -0.4 is 11.1 Å². The van der Waals surface area contributed by atoms with Crippen molar-refractivity contribution in [2.75, 3.05) is 20.2 Å². The third-order valence-corrected chi connectivity index (χ3v) is 1.44. The first-order chi connectivity index (χ1) is 4.95. The Hall–Kier alpha value is -0.210. The Bertz CT molecular complexity index is 186. The summed E-state index contributed by atoms with van der Waals surface area (Å²) < 4.78 is 29.7. The molecule has 0 saturated carbocycles. The maximum absolute atomic E-state index is 9.33. The highest BCUT2D eigenvalue weighted by molar-refractivity contribution is 7.80. The van der Waals surface area contributed by atoms with Crippen molar-refractivity contribution < 1.29 is 17.2 Å². The van der Waals surface area contributed by atoms with E-state index in [0.717, 1.165) is 20.2 Å². The van der Waals surface area contributed by atoms with Gasteiger partial charge in [0.1, 0.15) is 0 Å². The highest BCUT2D eigenvalue weighted by Crippen LogP contribution is 1.80. The summed E-state index contributed by atoms with van der Waals surface area (Å²) >= 11 is 0. The molecular weight excluding hydrogens is 172 g/mol. The van der Waals surface area contributed by atoms with Gasteiger partial charge in [-0.3, -0.25) is 8.74 Å². The minimum Gasteiger partial charge on any atom is -0.326 e. The fourth-order valence-corrected chi connectivity index (χ4v) is 0.311. The van der Waals surface area contributed by atoms with Crippen LogP contribution in [0.3, 0.4) is 0 Å². The molecule has 4 N–H and O–H groups in total. The molecule has 0 atom stereocenters. The fraction of sp³-hybridized carbons (Fsp3) is 1.00. The van der Waals surface area contributed by atoms with E-state index >= 15 is 0 Å². The largest absolute Gasteiger partial charge is 0.397 e. The molecule has 0 aromatic heterocycles. The molecule has 0 amide bonds. The summed E-state index contributed by atoms with van der Waals surface area (Å²) in [6.07, 6.45) is 0. The van der Waals surface area contributed by atoms with E-state index in [-0.39, 0.29) is 0 Å². The monoisotopic (exact) mass is 184 g/mol. The Balaban J connectivity index is 0.000000183. The average molecular weight is 184 g/mol. The molecule has 1 rings (SSSR count). The van der Waals surface area contributed by atoms with Crippen LogP contribution in [0.5, 0.6) is 0 Å². The lowest BCUT2D eigenvalue weighted by Gasteiger charge is -2.21. The zero-order valence-electron chi connectivity index (χ0n) is 6.15. The van der Waals surface area contributed by atoms with Crippen molar-refractivity contribution in [1.29, 1.82) is 0 Å². The smallest absolute Gasteiger partial charge is 0.326 e. The van der Waals surface area contributed by atoms with Crippen LogP contribution in [0.2, 0.25) is 0 Å². The van der Waals surface area contributed by atoms with E-state index in [1.807, 2.05) is 0 Å². The van der Waals surface area contributed by atoms with Gasteiger partial charge in [-0.05, 0) is 0 Å². The van der Waals surface area contributed by atoms with Crippen LogP contribution in [0.4, 0.5) is 0 Å². The van der Waals surface area contributed by atoms with E-state index < -0.39 is 10.4 Å². The van der Waals surface area contributed by atoms with Gasteiger partial charge in [-0.1, -0.05) is 0 Å². The minimum absolute atomic E-state index is 0.454. The molecule has 7 heteroatoms. The van der Waals surface area contributed by atoms with Crippen molar-refractivity contribution in [1.82, 2.24) is 5.32 Å². The maximum atomic E-state index is 9.33. The van der Waals surface area contributed by atoms with Crippen molar-refractivity contribution in [2.45, 2.75) is 6.04 Å². The Morgan fingerprint density at radius 3 is 1.91 bits per heavy atom. The second kappa shape index (κ2) is 4.62. The molecule has 1 heterocycles. The summed E-state index contributed by atoms with van der Waals surface area (Å²) in [5, 5.41) is 3.04. The SMILES string of the molecule is COS(=O)(=O)O.NC1CNC1. The molecule has 1 aliphatic heterocycles. The number of hydrogen-bond acceptors (Lipinski definition) is 5. The van der Waals surface area contributed by atoms with Crippen LogP contribution in [0, 0.1) is 0 Å². The minimum atomic E-state index is -4.16. The van der Waals surface area contributed by atoms with Gasteiger partial charge < -0.3 is 11.1 Å². The Labute approximate surface area is 65.7 Å². The van der Waals surface area contributed by atoms with Crippen LogP contribution in [0.1, 0.15) is 0 Å². The maximum Gasteiger partial charge on any atom is 0.397 e. The van der Waals surface area contributed by atoms with E-state index in [1.54, 1.807) is 0 Å². The van der Waals surface area contributed by atoms with Crippen molar-refractivity contribution >= 4 is 10.4 Å². The average Bonchev–Trinajstić information content (AvgIpc) is 1.84. The van der Waals surface area contributed by atoms with E-state index in [9.17, 15) is 8.42 Å². The normalized spacial score (nSPS) is 18.1. The highest BCUT2D eigenvalue weighted by atomic mass is 32.3. The molecule has 6 nitrogen and oxygen atoms in total. The first kappa shape index (κ1) is 10.8. The van der Waals surface area contributed by atoms with Gasteiger partial charge in [-0.15, -0.1) is 0 Å². The topological polar surface area (TPSA) is 102 Å². The van der Waals surface area contributed by atoms with Crippen LogP contribution in [0.15, 0.2) is 0 Å². The molecule has 68 valence electrons. The van der Waals surface area contributed by atoms with Gasteiger partial charge in [0.05, 0.1) is 7.11 Å². The third kappa shape index (κ3) is 7.69. The first-order valence-electron chi connectivity index (χ1n) is 2.95. The third-order valence-electron chi connectivity index (χ3n) is 1.02. The Kier molecular flexibility index (Phi) is 4.54. The summed E-state index contributed by atoms with van der Waals surface area (Å²) in [5.74, 6) is 0. The van der Waals surface area contributed by atoms with E-state index in [2.05, 4.69) is 9.50 Å². The molecule has 1 aliphatic rings. The quantitative estimate of drug-likeness (QED) is 0.422. The molecule has 0 bridgehead atoms. The Morgan fingerprint density at radius 1 is 1.64 bits per heavy atom. The van der Waals surface area contributed by atoms with Crippen molar-refractivity contribution in [3.05, 3.63) is 0 Å². The lowest BCUT2D eigenvalue weighted by Crippen LogP contribution is -2.52. The van der Waals surface area contributed by atoms with Gasteiger partial charge in [0.15, 0.2) is 0 Å². The molecule has 0 aliphatic carbocycles. The van der Waals surface area contributed by atoms with Crippen LogP contribution in [-0.4, -0.2) is 39.2 Å². The van der Waals surface area contributed by atoms with Gasteiger partial charge in [-0.2, -0.15) is 8.42 Å². The fourth-order valence-electron chi connectivity index (χ4n) is 0.311. The van der Waals surface area contributed by atoms with Gasteiger partial charge in [0.2, 0.25) is 0 Å². The van der Waals surface area contributed by atoms with Gasteiger partial charge >= 0.3 is 10.4 Å². The molecule has 0 aromatic carbocycles. The highest BCUT2D eigenvalue weighted by Gasteiger charge is 2.08. The standard InChI is InChI=1S/C3H8N2.CH4O4S/c4-3-1-5-2-3;1-5-6(2,3)4/h3,5H,1-2,4H2;1H3,(H,2,3,4). The zero-order valence-corrected chi connectivity index (χ0v) is 6.97. The van der Waals surface area contributed by atoms with Crippen LogP contribution in [0.25, 0.3) is 0 Å². The van der Waals surface area contributed by atoms with E-state index in [0.29, 0.717) is 6.04 Å². The molecule has 1 saturated heterocycles. The van der Waals surface area contributed by atoms with Gasteiger partial charge in [0, 0.05) is 19.1 Å². The predicted octanol–water partition coefficient (Wildman–Crippen LogP) is -1.65. The Morgan fingerprint density at radius 2 is 1.91 bits per heavy atom. The molecule has 11 heavy (non-hydrogen) atoms. The predicted molar refractivity (Wildman–Crippen MR) is 39.4 cm³/mol. The summed E-state index contributed by atoms with van der Waals surface area (Å²) in [5.41, 5.74) is 5.32. The lowest BCUT2D eigenvalue weighted by atomic mass is 10.2. The second-order valence-corrected chi connectivity index (χ2v) is 3.20. The number of hydrogen-bond donors (Lipinski definition) is 3. The summed E-state index contributed by atoms with van der Waals surface area (Å²) in [6, 6.07) is 0.454. The molecule has 0 unspecified atom stereocenters. The molecule has 0 radical (unpaired) electrons. The molecule has 1 fully saturated rings. The number of nitrogens with one attached hydrogen (secondary N) is 1. The summed E-state index contributed by atoms with van der Waals surface area (Å²) in [7, 11) is -3.29. The van der Waals surface area contributed by atoms with Crippen molar-refractivity contribution in [2.24, 2.45) is 5.73 Å². The molecule has 0 spiro atoms. The zero-order chi connectivity index (χ0) is 8.91. The first-order valence-corrected chi connectivity index (χ1v) is 4.31. The lowest BCUT2D eigenvalue weighted by molar-refractivity contribution is 0.324. The summed E-state index contributed by atoms with van der Waals surface area (Å²) in [6.45, 7) is 2.03. The van der Waals surface area contributed by atoms with E-state index in [4.69, 9.17) is 10.3 Å². The van der Waals surface area contributed by atoms with Crippen LogP contribution >= 0.6 is 0 Å². The van der Waals surface area contributed by atoms with E-state index in [1.165, 1.54) is 0 Å². The van der Waals surface area contributed by atoms with Crippen molar-refractivity contribution in [3.63, 3.8) is 0 Å². The van der Waals surface area contributed by atoms with Gasteiger partial charge in [0.25, 0.3) is 0 Å². The number of nitrogens with two attached hydrogens (primary N) is 1. The van der Waals surface area contributed by atoms with Crippen LogP contribution in [-0.2, 0) is 14.6 Å². The second-order valence-electron chi connectivity index (χ2n) is 2.01.